The zero-order chi connectivity index (χ0) is 21.5. The molecule has 0 fully saturated rings. The Morgan fingerprint density at radius 1 is 1.13 bits per heavy atom. The Labute approximate surface area is 180 Å². The van der Waals surface area contributed by atoms with E-state index in [1.807, 2.05) is 71.6 Å². The van der Waals surface area contributed by atoms with Crippen LogP contribution >= 0.6 is 0 Å². The van der Waals surface area contributed by atoms with E-state index >= 15 is 0 Å². The maximum atomic E-state index is 12.6. The molecule has 0 saturated heterocycles. The van der Waals surface area contributed by atoms with Crippen molar-refractivity contribution in [2.75, 3.05) is 5.32 Å². The highest BCUT2D eigenvalue weighted by Gasteiger charge is 2.13. The van der Waals surface area contributed by atoms with Crippen LogP contribution in [0.2, 0.25) is 0 Å². The van der Waals surface area contributed by atoms with Crippen molar-refractivity contribution in [3.63, 3.8) is 0 Å². The molecule has 0 saturated carbocycles. The molecule has 1 amide bonds. The lowest BCUT2D eigenvalue weighted by molar-refractivity contribution is 0.0992. The Balaban J connectivity index is 1.37. The Morgan fingerprint density at radius 3 is 2.87 bits per heavy atom. The van der Waals surface area contributed by atoms with E-state index in [2.05, 4.69) is 17.0 Å². The third-order valence-corrected chi connectivity index (χ3v) is 4.68. The number of carbonyl (C=O) groups excluding carboxylic acids is 1. The van der Waals surface area contributed by atoms with Crippen molar-refractivity contribution in [2.24, 2.45) is 0 Å². The maximum absolute atomic E-state index is 12.6. The first-order chi connectivity index (χ1) is 15.2. The summed E-state index contributed by atoms with van der Waals surface area (Å²) in [6, 6.07) is 20.7. The van der Waals surface area contributed by atoms with Crippen LogP contribution in [0, 0.1) is 0 Å². The summed E-state index contributed by atoms with van der Waals surface area (Å²) >= 11 is 0. The number of carbonyl (C=O) groups is 1. The molecule has 0 aliphatic carbocycles. The second-order valence-corrected chi connectivity index (χ2v) is 7.01. The minimum absolute atomic E-state index is 0.232. The lowest BCUT2D eigenvalue weighted by atomic mass is 10.1. The Kier molecular flexibility index (Phi) is 6.28. The smallest absolute Gasteiger partial charge is 0.291 e. The van der Waals surface area contributed by atoms with Gasteiger partial charge in [0.15, 0.2) is 5.76 Å². The highest BCUT2D eigenvalue weighted by atomic mass is 16.5. The molecule has 6 heteroatoms. The van der Waals surface area contributed by atoms with Crippen LogP contribution in [0.15, 0.2) is 96.2 Å². The van der Waals surface area contributed by atoms with Crippen LogP contribution in [0.25, 0.3) is 0 Å². The van der Waals surface area contributed by atoms with E-state index in [1.54, 1.807) is 18.3 Å². The molecule has 0 radical (unpaired) electrons. The second-order valence-electron chi connectivity index (χ2n) is 7.01. The summed E-state index contributed by atoms with van der Waals surface area (Å²) in [6.45, 7) is 4.64. The second kappa shape index (κ2) is 9.63. The van der Waals surface area contributed by atoms with Crippen molar-refractivity contribution in [3.8, 4) is 5.75 Å². The summed E-state index contributed by atoms with van der Waals surface area (Å²) in [5.74, 6) is 1.27. The monoisotopic (exact) mass is 413 g/mol. The van der Waals surface area contributed by atoms with Crippen molar-refractivity contribution in [3.05, 3.63) is 114 Å². The molecule has 0 aliphatic rings. The summed E-state index contributed by atoms with van der Waals surface area (Å²) < 4.78 is 13.4. The minimum atomic E-state index is -0.311. The Hall–Kier alpha value is -4.06. The zero-order valence-electron chi connectivity index (χ0n) is 17.0. The highest BCUT2D eigenvalue weighted by Crippen LogP contribution is 2.21. The molecule has 31 heavy (non-hydrogen) atoms. The van der Waals surface area contributed by atoms with Crippen LogP contribution in [0.3, 0.4) is 0 Å². The molecular formula is C25H23N3O3. The summed E-state index contributed by atoms with van der Waals surface area (Å²) in [4.78, 5) is 12.6. The van der Waals surface area contributed by atoms with Crippen molar-refractivity contribution in [1.29, 1.82) is 0 Å². The molecule has 6 nitrogen and oxygen atoms in total. The first kappa shape index (κ1) is 20.2. The summed E-state index contributed by atoms with van der Waals surface area (Å²) in [7, 11) is 0. The van der Waals surface area contributed by atoms with Crippen LogP contribution in [0.1, 0.15) is 27.4 Å². The third kappa shape index (κ3) is 5.30. The Morgan fingerprint density at radius 2 is 2.03 bits per heavy atom. The van der Waals surface area contributed by atoms with Crippen molar-refractivity contribution < 1.29 is 13.9 Å². The van der Waals surface area contributed by atoms with Crippen LogP contribution in [-0.4, -0.2) is 15.7 Å². The van der Waals surface area contributed by atoms with Gasteiger partial charge < -0.3 is 14.5 Å². The number of nitrogens with zero attached hydrogens (tertiary/aromatic N) is 2. The number of para-hydroxylation sites is 1. The van der Waals surface area contributed by atoms with Gasteiger partial charge in [0, 0.05) is 18.1 Å². The number of nitrogens with one attached hydrogen (secondary N) is 1. The fraction of sp³-hybridized carbons (Fsp3) is 0.120. The van der Waals surface area contributed by atoms with E-state index < -0.39 is 0 Å². The number of allylic oxidation sites excluding steroid dienone is 1. The molecule has 156 valence electrons. The van der Waals surface area contributed by atoms with E-state index in [0.29, 0.717) is 18.0 Å². The topological polar surface area (TPSA) is 69.3 Å². The maximum Gasteiger partial charge on any atom is 0.291 e. The molecule has 0 unspecified atom stereocenters. The van der Waals surface area contributed by atoms with Gasteiger partial charge in [-0.25, -0.2) is 0 Å². The number of hydrogen-bond acceptors (Lipinski definition) is 4. The normalized spacial score (nSPS) is 10.6. The molecule has 2 heterocycles. The standard InChI is InChI=1S/C25H23N3O3/c1-2-7-20-9-3-4-11-23(20)30-18-22-12-13-24(31-22)25(29)27-21-10-5-8-19(16-21)17-28-15-6-14-26-28/h2-6,8-16H,1,7,17-18H2,(H,27,29). The van der Waals surface area contributed by atoms with E-state index in [9.17, 15) is 4.79 Å². The van der Waals surface area contributed by atoms with Gasteiger partial charge in [0.25, 0.3) is 5.91 Å². The lowest BCUT2D eigenvalue weighted by Crippen LogP contribution is -2.11. The SMILES string of the molecule is C=CCc1ccccc1OCc1ccc(C(=O)Nc2cccc(Cn3cccn3)c2)o1. The summed E-state index contributed by atoms with van der Waals surface area (Å²) in [5.41, 5.74) is 2.78. The number of aromatic nitrogens is 2. The number of hydrogen-bond donors (Lipinski definition) is 1. The number of furan rings is 1. The number of amides is 1. The molecule has 4 rings (SSSR count). The van der Waals surface area contributed by atoms with Crippen molar-refractivity contribution >= 4 is 11.6 Å². The quantitative estimate of drug-likeness (QED) is 0.388. The average molecular weight is 413 g/mol. The molecular weight excluding hydrogens is 390 g/mol. The predicted molar refractivity (Wildman–Crippen MR) is 119 cm³/mol. The van der Waals surface area contributed by atoms with Crippen LogP contribution in [0.4, 0.5) is 5.69 Å². The number of benzene rings is 2. The van der Waals surface area contributed by atoms with Crippen molar-refractivity contribution in [2.45, 2.75) is 19.6 Å². The van der Waals surface area contributed by atoms with Gasteiger partial charge in [-0.1, -0.05) is 36.4 Å². The van der Waals surface area contributed by atoms with Gasteiger partial charge >= 0.3 is 0 Å². The summed E-state index contributed by atoms with van der Waals surface area (Å²) in [5, 5.41) is 7.08. The van der Waals surface area contributed by atoms with E-state index in [1.165, 1.54) is 0 Å². The van der Waals surface area contributed by atoms with Gasteiger partial charge in [-0.05, 0) is 53.9 Å². The molecule has 0 spiro atoms. The van der Waals surface area contributed by atoms with Crippen LogP contribution in [0.5, 0.6) is 5.75 Å². The van der Waals surface area contributed by atoms with Gasteiger partial charge in [0.2, 0.25) is 0 Å². The Bertz CT molecular complexity index is 1160. The first-order valence-electron chi connectivity index (χ1n) is 9.99. The number of rotatable bonds is 9. The fourth-order valence-corrected chi connectivity index (χ4v) is 3.22. The van der Waals surface area contributed by atoms with Crippen LogP contribution < -0.4 is 10.1 Å². The van der Waals surface area contributed by atoms with Gasteiger partial charge in [0.1, 0.15) is 18.1 Å². The molecule has 2 aromatic heterocycles. The van der Waals surface area contributed by atoms with Gasteiger partial charge in [-0.2, -0.15) is 5.10 Å². The van der Waals surface area contributed by atoms with Gasteiger partial charge in [0.05, 0.1) is 6.54 Å². The van der Waals surface area contributed by atoms with Gasteiger partial charge in [-0.3, -0.25) is 9.48 Å². The molecule has 0 atom stereocenters. The number of anilines is 1. The third-order valence-electron chi connectivity index (χ3n) is 4.68. The number of ether oxygens (including phenoxy) is 1. The molecule has 1 N–H and O–H groups in total. The minimum Gasteiger partial charge on any atom is -0.485 e. The lowest BCUT2D eigenvalue weighted by Gasteiger charge is -2.09. The summed E-state index contributed by atoms with van der Waals surface area (Å²) in [6.07, 6.45) is 6.19. The van der Waals surface area contributed by atoms with Crippen molar-refractivity contribution in [1.82, 2.24) is 9.78 Å². The van der Waals surface area contributed by atoms with E-state index in [-0.39, 0.29) is 18.3 Å². The molecule has 2 aromatic carbocycles. The fourth-order valence-electron chi connectivity index (χ4n) is 3.22. The molecule has 4 aromatic rings. The predicted octanol–water partition coefficient (Wildman–Crippen LogP) is 5.08. The van der Waals surface area contributed by atoms with Gasteiger partial charge in [-0.15, -0.1) is 6.58 Å². The largest absolute Gasteiger partial charge is 0.485 e. The average Bonchev–Trinajstić information content (AvgIpc) is 3.46. The highest BCUT2D eigenvalue weighted by molar-refractivity contribution is 6.02. The molecule has 0 bridgehead atoms. The first-order valence-corrected chi connectivity index (χ1v) is 9.99. The van der Waals surface area contributed by atoms with Crippen LogP contribution in [-0.2, 0) is 19.6 Å². The van der Waals surface area contributed by atoms with E-state index in [0.717, 1.165) is 23.3 Å². The zero-order valence-corrected chi connectivity index (χ0v) is 17.0. The molecule has 0 aliphatic heterocycles. The van der Waals surface area contributed by atoms with E-state index in [4.69, 9.17) is 9.15 Å².